The number of aliphatic hydroxyl groups excluding tert-OH is 2. The topological polar surface area (TPSA) is 140 Å². The van der Waals surface area contributed by atoms with Gasteiger partial charge in [0.15, 0.2) is 12.2 Å². The molecule has 3 fully saturated rings. The SMILES string of the molecule is Clc1ccc(CN(C[C@@H]2CCNC2)C2CC3CCC(C2)O3)c(Cl)c1.O=C(O)C(O)C(O)C(=O)O. The smallest absolute Gasteiger partial charge is 0.335 e. The number of carbonyl (C=O) groups is 2. The summed E-state index contributed by atoms with van der Waals surface area (Å²) in [6.07, 6.45) is 2.50. The van der Waals surface area contributed by atoms with E-state index in [9.17, 15) is 9.59 Å². The minimum Gasteiger partial charge on any atom is -0.479 e. The molecule has 0 aliphatic carbocycles. The first-order chi connectivity index (χ1) is 16.1. The van der Waals surface area contributed by atoms with Gasteiger partial charge in [-0.25, -0.2) is 9.59 Å². The third kappa shape index (κ3) is 7.52. The number of carboxylic acid groups (broad SMARTS) is 2. The zero-order chi connectivity index (χ0) is 24.8. The molecule has 2 bridgehead atoms. The maximum absolute atomic E-state index is 9.77. The van der Waals surface area contributed by atoms with Gasteiger partial charge in [0.25, 0.3) is 0 Å². The molecule has 4 rings (SSSR count). The van der Waals surface area contributed by atoms with E-state index in [1.807, 2.05) is 12.1 Å². The molecule has 1 aromatic rings. The van der Waals surface area contributed by atoms with Gasteiger partial charge >= 0.3 is 11.9 Å². The Morgan fingerprint density at radius 1 is 1.06 bits per heavy atom. The van der Waals surface area contributed by atoms with E-state index in [4.69, 9.17) is 48.4 Å². The predicted molar refractivity (Wildman–Crippen MR) is 126 cm³/mol. The molecule has 3 aliphatic heterocycles. The average molecular weight is 519 g/mol. The van der Waals surface area contributed by atoms with Crippen molar-refractivity contribution < 1.29 is 34.8 Å². The number of hydrogen-bond acceptors (Lipinski definition) is 7. The van der Waals surface area contributed by atoms with E-state index < -0.39 is 24.1 Å². The van der Waals surface area contributed by atoms with Crippen molar-refractivity contribution in [3.63, 3.8) is 0 Å². The third-order valence-corrected chi connectivity index (χ3v) is 7.22. The Labute approximate surface area is 208 Å². The number of rotatable bonds is 8. The molecule has 190 valence electrons. The molecule has 0 aromatic heterocycles. The fourth-order valence-corrected chi connectivity index (χ4v) is 5.28. The molecular weight excluding hydrogens is 487 g/mol. The Morgan fingerprint density at radius 3 is 2.18 bits per heavy atom. The lowest BCUT2D eigenvalue weighted by Crippen LogP contribution is -2.44. The highest BCUT2D eigenvalue weighted by Crippen LogP contribution is 2.36. The van der Waals surface area contributed by atoms with Crippen molar-refractivity contribution in [1.82, 2.24) is 10.2 Å². The van der Waals surface area contributed by atoms with Crippen LogP contribution in [0.2, 0.25) is 10.0 Å². The summed E-state index contributed by atoms with van der Waals surface area (Å²) in [6, 6.07) is 6.51. The molecule has 9 nitrogen and oxygen atoms in total. The van der Waals surface area contributed by atoms with E-state index in [0.717, 1.165) is 37.1 Å². The minimum absolute atomic E-state index is 0.471. The molecule has 11 heteroatoms. The number of ether oxygens (including phenoxy) is 1. The predicted octanol–water partition coefficient (Wildman–Crippen LogP) is 1.99. The molecule has 0 radical (unpaired) electrons. The Morgan fingerprint density at radius 2 is 1.68 bits per heavy atom. The molecule has 5 N–H and O–H groups in total. The van der Waals surface area contributed by atoms with Crippen LogP contribution < -0.4 is 5.32 Å². The van der Waals surface area contributed by atoms with Crippen LogP contribution in [0.4, 0.5) is 0 Å². The number of benzene rings is 1. The Hall–Kier alpha value is -1.46. The van der Waals surface area contributed by atoms with Gasteiger partial charge in [0.1, 0.15) is 0 Å². The number of nitrogens with one attached hydrogen (secondary N) is 1. The second-order valence-electron chi connectivity index (χ2n) is 9.17. The molecule has 3 aliphatic rings. The number of aliphatic carboxylic acids is 2. The van der Waals surface area contributed by atoms with Crippen molar-refractivity contribution in [2.75, 3.05) is 19.6 Å². The van der Waals surface area contributed by atoms with Crippen LogP contribution in [0, 0.1) is 5.92 Å². The molecular formula is C23H32Cl2N2O7. The largest absolute Gasteiger partial charge is 0.479 e. The number of aliphatic hydroxyl groups is 2. The molecule has 0 saturated carbocycles. The molecule has 3 saturated heterocycles. The lowest BCUT2D eigenvalue weighted by molar-refractivity contribution is -0.165. The maximum atomic E-state index is 9.77. The van der Waals surface area contributed by atoms with Gasteiger partial charge in [0.05, 0.1) is 12.2 Å². The molecule has 0 amide bonds. The van der Waals surface area contributed by atoms with Gasteiger partial charge in [-0.2, -0.15) is 0 Å². The van der Waals surface area contributed by atoms with Crippen LogP contribution in [-0.4, -0.2) is 87.4 Å². The molecule has 0 spiro atoms. The van der Waals surface area contributed by atoms with Gasteiger partial charge in [0, 0.05) is 29.2 Å². The quantitative estimate of drug-likeness (QED) is 0.349. The summed E-state index contributed by atoms with van der Waals surface area (Å²) in [5, 5.41) is 37.5. The van der Waals surface area contributed by atoms with Crippen LogP contribution in [0.5, 0.6) is 0 Å². The van der Waals surface area contributed by atoms with Crippen molar-refractivity contribution in [2.45, 2.75) is 69.1 Å². The second kappa shape index (κ2) is 12.5. The van der Waals surface area contributed by atoms with Gasteiger partial charge in [-0.05, 0) is 68.8 Å². The van der Waals surface area contributed by atoms with Crippen molar-refractivity contribution in [3.05, 3.63) is 33.8 Å². The normalized spacial score (nSPS) is 27.7. The van der Waals surface area contributed by atoms with Gasteiger partial charge in [0.2, 0.25) is 0 Å². The van der Waals surface area contributed by atoms with Crippen LogP contribution in [0.3, 0.4) is 0 Å². The monoisotopic (exact) mass is 518 g/mol. The van der Waals surface area contributed by atoms with E-state index in [0.29, 0.717) is 23.3 Å². The zero-order valence-electron chi connectivity index (χ0n) is 18.8. The number of carboxylic acids is 2. The van der Waals surface area contributed by atoms with E-state index in [1.54, 1.807) is 0 Å². The second-order valence-corrected chi connectivity index (χ2v) is 10.0. The van der Waals surface area contributed by atoms with Gasteiger partial charge in [-0.1, -0.05) is 29.3 Å². The van der Waals surface area contributed by atoms with Crippen LogP contribution in [0.25, 0.3) is 0 Å². The Bertz CT molecular complexity index is 823. The Balaban J connectivity index is 0.000000277. The number of halogens is 2. The first-order valence-electron chi connectivity index (χ1n) is 11.5. The summed E-state index contributed by atoms with van der Waals surface area (Å²) in [5.74, 6) is -2.79. The van der Waals surface area contributed by atoms with E-state index in [2.05, 4.69) is 16.3 Å². The fraction of sp³-hybridized carbons (Fsp3) is 0.652. The van der Waals surface area contributed by atoms with Crippen molar-refractivity contribution in [3.8, 4) is 0 Å². The third-order valence-electron chi connectivity index (χ3n) is 6.63. The summed E-state index contributed by atoms with van der Waals surface area (Å²) in [7, 11) is 0. The number of fused-ring (bicyclic) bond motifs is 2. The number of nitrogens with zero attached hydrogens (tertiary/aromatic N) is 1. The van der Waals surface area contributed by atoms with Gasteiger partial charge < -0.3 is 30.5 Å². The molecule has 34 heavy (non-hydrogen) atoms. The summed E-state index contributed by atoms with van der Waals surface area (Å²) >= 11 is 12.5. The average Bonchev–Trinajstić information content (AvgIpc) is 3.43. The van der Waals surface area contributed by atoms with Crippen LogP contribution >= 0.6 is 23.2 Å². The van der Waals surface area contributed by atoms with Crippen molar-refractivity contribution in [2.24, 2.45) is 5.92 Å². The van der Waals surface area contributed by atoms with Crippen LogP contribution in [0.15, 0.2) is 18.2 Å². The maximum Gasteiger partial charge on any atom is 0.335 e. The molecule has 1 aromatic carbocycles. The van der Waals surface area contributed by atoms with E-state index in [-0.39, 0.29) is 0 Å². The minimum atomic E-state index is -2.27. The van der Waals surface area contributed by atoms with E-state index >= 15 is 0 Å². The highest BCUT2D eigenvalue weighted by atomic mass is 35.5. The van der Waals surface area contributed by atoms with E-state index in [1.165, 1.54) is 37.7 Å². The summed E-state index contributed by atoms with van der Waals surface area (Å²) in [6.45, 7) is 4.35. The highest BCUT2D eigenvalue weighted by Gasteiger charge is 2.38. The standard InChI is InChI=1S/C19H26Cl2N2O.C4H6O6/c20-15-2-1-14(19(21)7-15)12-23(11-13-5-6-22-10-13)16-8-17-3-4-18(9-16)24-17;5-1(3(7)8)2(6)4(9)10/h1-2,7,13,16-18,22H,3-6,8-12H2;1-2,5-6H,(H,7,8)(H,9,10)/t13-,16?,17?,18?;/m1./s1. The number of hydrogen-bond donors (Lipinski definition) is 5. The van der Waals surface area contributed by atoms with Gasteiger partial charge in [-0.15, -0.1) is 0 Å². The summed E-state index contributed by atoms with van der Waals surface area (Å²) in [5.41, 5.74) is 1.19. The van der Waals surface area contributed by atoms with Crippen molar-refractivity contribution >= 4 is 35.1 Å². The molecule has 4 unspecified atom stereocenters. The Kier molecular flexibility index (Phi) is 9.96. The molecule has 5 atom stereocenters. The first kappa shape index (κ1) is 27.1. The van der Waals surface area contributed by atoms with Gasteiger partial charge in [-0.3, -0.25) is 4.90 Å². The zero-order valence-corrected chi connectivity index (χ0v) is 20.3. The van der Waals surface area contributed by atoms with Crippen LogP contribution in [-0.2, 0) is 20.9 Å². The highest BCUT2D eigenvalue weighted by molar-refractivity contribution is 6.35. The summed E-state index contributed by atoms with van der Waals surface area (Å²) < 4.78 is 6.05. The molecule has 3 heterocycles. The van der Waals surface area contributed by atoms with Crippen LogP contribution in [0.1, 0.15) is 37.7 Å². The lowest BCUT2D eigenvalue weighted by atomic mass is 9.98. The fourth-order valence-electron chi connectivity index (χ4n) is 4.81. The first-order valence-corrected chi connectivity index (χ1v) is 12.3. The lowest BCUT2D eigenvalue weighted by Gasteiger charge is -2.38. The summed E-state index contributed by atoms with van der Waals surface area (Å²) in [4.78, 5) is 22.2. The van der Waals surface area contributed by atoms with Crippen molar-refractivity contribution in [1.29, 1.82) is 0 Å².